The number of para-hydroxylation sites is 1. The Balaban J connectivity index is 0.00000208. The highest BCUT2D eigenvalue weighted by molar-refractivity contribution is 5.85. The summed E-state index contributed by atoms with van der Waals surface area (Å²) in [5.74, 6) is 0.407. The number of halogens is 4. The fourth-order valence-corrected chi connectivity index (χ4v) is 2.84. The van der Waals surface area contributed by atoms with Crippen molar-refractivity contribution < 1.29 is 22.3 Å². The number of rotatable bonds is 4. The molecule has 0 radical (unpaired) electrons. The first-order valence-electron chi connectivity index (χ1n) is 7.37. The molecule has 4 nitrogen and oxygen atoms in total. The molecule has 0 bridgehead atoms. The van der Waals surface area contributed by atoms with Gasteiger partial charge in [-0.25, -0.2) is 0 Å². The second-order valence-corrected chi connectivity index (χ2v) is 5.29. The SMILES string of the molecule is Cl.FC(F)(F)Oc1ccccc1[C@@H](c1ccco1)N1CCNCC1. The Labute approximate surface area is 144 Å². The Hall–Kier alpha value is -1.70. The van der Waals surface area contributed by atoms with E-state index in [9.17, 15) is 13.2 Å². The zero-order valence-electron chi connectivity index (χ0n) is 12.8. The van der Waals surface area contributed by atoms with E-state index in [4.69, 9.17) is 4.42 Å². The molecule has 24 heavy (non-hydrogen) atoms. The lowest BCUT2D eigenvalue weighted by molar-refractivity contribution is -0.275. The van der Waals surface area contributed by atoms with E-state index in [0.29, 0.717) is 24.4 Å². The van der Waals surface area contributed by atoms with E-state index in [1.54, 1.807) is 24.3 Å². The topological polar surface area (TPSA) is 37.6 Å². The number of benzene rings is 1. The van der Waals surface area contributed by atoms with Crippen LogP contribution in [0, 0.1) is 0 Å². The number of hydrogen-bond donors (Lipinski definition) is 1. The van der Waals surface area contributed by atoms with Gasteiger partial charge in [-0.2, -0.15) is 0 Å². The van der Waals surface area contributed by atoms with Crippen LogP contribution in [0.5, 0.6) is 5.75 Å². The first-order valence-corrected chi connectivity index (χ1v) is 7.37. The van der Waals surface area contributed by atoms with Crippen LogP contribution in [-0.4, -0.2) is 37.4 Å². The number of nitrogens with zero attached hydrogens (tertiary/aromatic N) is 1. The smallest absolute Gasteiger partial charge is 0.467 e. The molecule has 1 saturated heterocycles. The number of piperazine rings is 1. The Kier molecular flexibility index (Phi) is 6.15. The molecule has 0 amide bonds. The van der Waals surface area contributed by atoms with Crippen LogP contribution in [0.3, 0.4) is 0 Å². The van der Waals surface area contributed by atoms with Gasteiger partial charge in [0.25, 0.3) is 0 Å². The molecule has 1 aromatic heterocycles. The molecule has 0 unspecified atom stereocenters. The molecule has 1 aliphatic heterocycles. The van der Waals surface area contributed by atoms with Gasteiger partial charge >= 0.3 is 6.36 Å². The van der Waals surface area contributed by atoms with E-state index in [0.717, 1.165) is 13.1 Å². The molecule has 1 fully saturated rings. The average Bonchev–Trinajstić information content (AvgIpc) is 3.03. The van der Waals surface area contributed by atoms with E-state index >= 15 is 0 Å². The molecule has 0 saturated carbocycles. The summed E-state index contributed by atoms with van der Waals surface area (Å²) in [6.07, 6.45) is -3.20. The minimum atomic E-state index is -4.73. The molecule has 2 aromatic rings. The predicted molar refractivity (Wildman–Crippen MR) is 85.4 cm³/mol. The van der Waals surface area contributed by atoms with E-state index in [1.807, 2.05) is 0 Å². The number of nitrogens with one attached hydrogen (secondary N) is 1. The minimum Gasteiger partial charge on any atom is -0.467 e. The Morgan fingerprint density at radius 2 is 1.79 bits per heavy atom. The summed E-state index contributed by atoms with van der Waals surface area (Å²) < 4.78 is 47.8. The van der Waals surface area contributed by atoms with Gasteiger partial charge in [0.2, 0.25) is 0 Å². The first-order chi connectivity index (χ1) is 11.0. The number of hydrogen-bond acceptors (Lipinski definition) is 4. The van der Waals surface area contributed by atoms with Crippen LogP contribution in [0.25, 0.3) is 0 Å². The van der Waals surface area contributed by atoms with Gasteiger partial charge in [0.15, 0.2) is 0 Å². The van der Waals surface area contributed by atoms with Crippen molar-refractivity contribution in [2.45, 2.75) is 12.4 Å². The summed E-state index contributed by atoms with van der Waals surface area (Å²) in [5.41, 5.74) is 0.446. The lowest BCUT2D eigenvalue weighted by atomic mass is 10.0. The van der Waals surface area contributed by atoms with Crippen molar-refractivity contribution >= 4 is 12.4 Å². The van der Waals surface area contributed by atoms with Crippen LogP contribution in [0.4, 0.5) is 13.2 Å². The standard InChI is InChI=1S/C16H17F3N2O2.ClH/c17-16(18,19)23-13-5-2-1-4-12(13)15(14-6-3-11-22-14)21-9-7-20-8-10-21;/h1-6,11,15,20H,7-10H2;1H/t15-;/m0./s1. The summed E-state index contributed by atoms with van der Waals surface area (Å²) in [4.78, 5) is 2.09. The van der Waals surface area contributed by atoms with Gasteiger partial charge in [-0.3, -0.25) is 4.90 Å². The maximum atomic E-state index is 12.7. The fourth-order valence-electron chi connectivity index (χ4n) is 2.84. The van der Waals surface area contributed by atoms with E-state index in [2.05, 4.69) is 15.0 Å². The quantitative estimate of drug-likeness (QED) is 0.902. The molecule has 1 aliphatic rings. The molecule has 1 aromatic carbocycles. The predicted octanol–water partition coefficient (Wildman–Crippen LogP) is 3.59. The zero-order chi connectivity index (χ0) is 16.3. The molecule has 2 heterocycles. The molecular formula is C16H18ClF3N2O2. The Bertz CT molecular complexity index is 629. The molecule has 3 rings (SSSR count). The van der Waals surface area contributed by atoms with Crippen LogP contribution in [0.15, 0.2) is 47.1 Å². The third kappa shape index (κ3) is 4.43. The van der Waals surface area contributed by atoms with Crippen LogP contribution < -0.4 is 10.1 Å². The summed E-state index contributed by atoms with van der Waals surface area (Å²) in [6.45, 7) is 2.98. The van der Waals surface area contributed by atoms with E-state index in [1.165, 1.54) is 18.4 Å². The summed E-state index contributed by atoms with van der Waals surface area (Å²) in [5, 5.41) is 3.24. The zero-order valence-corrected chi connectivity index (χ0v) is 13.6. The van der Waals surface area contributed by atoms with Crippen LogP contribution >= 0.6 is 12.4 Å². The Morgan fingerprint density at radius 1 is 1.08 bits per heavy atom. The molecule has 8 heteroatoms. The van der Waals surface area contributed by atoms with Crippen molar-refractivity contribution in [3.8, 4) is 5.75 Å². The van der Waals surface area contributed by atoms with Crippen LogP contribution in [0.1, 0.15) is 17.4 Å². The average molecular weight is 363 g/mol. The lowest BCUT2D eigenvalue weighted by Crippen LogP contribution is -2.45. The van der Waals surface area contributed by atoms with Crippen LogP contribution in [0.2, 0.25) is 0 Å². The second kappa shape index (κ2) is 7.92. The lowest BCUT2D eigenvalue weighted by Gasteiger charge is -2.34. The monoisotopic (exact) mass is 362 g/mol. The number of ether oxygens (including phenoxy) is 1. The molecular weight excluding hydrogens is 345 g/mol. The fraction of sp³-hybridized carbons (Fsp3) is 0.375. The van der Waals surface area contributed by atoms with Gasteiger partial charge in [-0.05, 0) is 18.2 Å². The highest BCUT2D eigenvalue weighted by atomic mass is 35.5. The summed E-state index contributed by atoms with van der Waals surface area (Å²) in [7, 11) is 0. The van der Waals surface area contributed by atoms with E-state index in [-0.39, 0.29) is 18.2 Å². The highest BCUT2D eigenvalue weighted by Crippen LogP contribution is 2.37. The maximum absolute atomic E-state index is 12.7. The van der Waals surface area contributed by atoms with Crippen molar-refractivity contribution in [2.75, 3.05) is 26.2 Å². The van der Waals surface area contributed by atoms with Gasteiger partial charge in [-0.1, -0.05) is 18.2 Å². The van der Waals surface area contributed by atoms with Gasteiger partial charge < -0.3 is 14.5 Å². The van der Waals surface area contributed by atoms with Crippen molar-refractivity contribution in [3.05, 3.63) is 54.0 Å². The molecule has 132 valence electrons. The normalized spacial score (nSPS) is 17.1. The first kappa shape index (κ1) is 18.6. The molecule has 1 atom stereocenters. The van der Waals surface area contributed by atoms with Crippen molar-refractivity contribution in [2.24, 2.45) is 0 Å². The highest BCUT2D eigenvalue weighted by Gasteiger charge is 2.35. The van der Waals surface area contributed by atoms with Crippen molar-refractivity contribution in [1.29, 1.82) is 0 Å². The third-order valence-electron chi connectivity index (χ3n) is 3.77. The van der Waals surface area contributed by atoms with Gasteiger partial charge in [-0.15, -0.1) is 25.6 Å². The van der Waals surface area contributed by atoms with E-state index < -0.39 is 12.4 Å². The molecule has 0 spiro atoms. The van der Waals surface area contributed by atoms with Crippen molar-refractivity contribution in [3.63, 3.8) is 0 Å². The molecule has 1 N–H and O–H groups in total. The summed E-state index contributed by atoms with van der Waals surface area (Å²) in [6, 6.07) is 9.32. The van der Waals surface area contributed by atoms with Crippen molar-refractivity contribution in [1.82, 2.24) is 10.2 Å². The van der Waals surface area contributed by atoms with Gasteiger partial charge in [0, 0.05) is 31.7 Å². The minimum absolute atomic E-state index is 0. The summed E-state index contributed by atoms with van der Waals surface area (Å²) >= 11 is 0. The number of furan rings is 1. The molecule has 0 aliphatic carbocycles. The van der Waals surface area contributed by atoms with Crippen LogP contribution in [-0.2, 0) is 0 Å². The second-order valence-electron chi connectivity index (χ2n) is 5.29. The third-order valence-corrected chi connectivity index (χ3v) is 3.77. The van der Waals surface area contributed by atoms with Gasteiger partial charge in [0.05, 0.1) is 12.3 Å². The largest absolute Gasteiger partial charge is 0.573 e. The Morgan fingerprint density at radius 3 is 2.42 bits per heavy atom. The maximum Gasteiger partial charge on any atom is 0.573 e. The van der Waals surface area contributed by atoms with Gasteiger partial charge in [0.1, 0.15) is 11.5 Å². The number of alkyl halides is 3.